The minimum absolute atomic E-state index is 0.0394. The topological polar surface area (TPSA) is 149 Å². The van der Waals surface area contributed by atoms with Gasteiger partial charge in [-0.15, -0.1) is 11.3 Å². The molecular weight excluding hydrogens is 514 g/mol. The number of amides is 3. The van der Waals surface area contributed by atoms with Crippen molar-refractivity contribution in [2.24, 2.45) is 0 Å². The zero-order chi connectivity index (χ0) is 26.3. The summed E-state index contributed by atoms with van der Waals surface area (Å²) in [6, 6.07) is 4.05. The molecule has 0 aliphatic carbocycles. The summed E-state index contributed by atoms with van der Waals surface area (Å²) in [4.78, 5) is 63.9. The number of hydrogen-bond acceptors (Lipinski definition) is 7. The molecule has 1 aliphatic rings. The first-order valence-electron chi connectivity index (χ1n) is 11.3. The summed E-state index contributed by atoms with van der Waals surface area (Å²) in [7, 11) is -4.67. The molecule has 196 valence electrons. The second-order valence-corrected chi connectivity index (χ2v) is 10.8. The highest BCUT2D eigenvalue weighted by Gasteiger charge is 2.35. The molecule has 0 radical (unpaired) electrons. The zero-order valence-corrected chi connectivity index (χ0v) is 21.3. The Hall–Kier alpha value is -2.86. The van der Waals surface area contributed by atoms with E-state index in [2.05, 4.69) is 10.3 Å². The van der Waals surface area contributed by atoms with Gasteiger partial charge in [0.2, 0.25) is 5.91 Å². The number of thiazole rings is 1. The van der Waals surface area contributed by atoms with Gasteiger partial charge in [0.1, 0.15) is 22.6 Å². The van der Waals surface area contributed by atoms with Crippen molar-refractivity contribution in [2.45, 2.75) is 25.8 Å². The van der Waals surface area contributed by atoms with Crippen LogP contribution in [0, 0.1) is 5.82 Å². The maximum Gasteiger partial charge on any atom is 0.409 e. The van der Waals surface area contributed by atoms with Crippen LogP contribution in [0.3, 0.4) is 0 Å². The summed E-state index contributed by atoms with van der Waals surface area (Å²) in [6.45, 7) is 2.93. The smallest absolute Gasteiger partial charge is 0.409 e. The highest BCUT2D eigenvalue weighted by molar-refractivity contribution is 7.51. The molecule has 36 heavy (non-hydrogen) atoms. The van der Waals surface area contributed by atoms with Gasteiger partial charge in [-0.3, -0.25) is 14.2 Å². The van der Waals surface area contributed by atoms with E-state index in [9.17, 15) is 33.1 Å². The number of ether oxygens (including phenoxy) is 1. The Morgan fingerprint density at radius 1 is 1.17 bits per heavy atom. The third-order valence-electron chi connectivity index (χ3n) is 5.42. The van der Waals surface area contributed by atoms with Crippen molar-refractivity contribution in [3.05, 3.63) is 41.2 Å². The molecule has 11 nitrogen and oxygen atoms in total. The fourth-order valence-corrected chi connectivity index (χ4v) is 5.01. The molecule has 2 heterocycles. The lowest BCUT2D eigenvalue weighted by molar-refractivity contribution is -0.134. The largest absolute Gasteiger partial charge is 0.449 e. The highest BCUT2D eigenvalue weighted by atomic mass is 32.1. The third kappa shape index (κ3) is 7.82. The molecule has 0 spiro atoms. The maximum atomic E-state index is 13.2. The van der Waals surface area contributed by atoms with E-state index in [4.69, 9.17) is 4.74 Å². The van der Waals surface area contributed by atoms with Gasteiger partial charge < -0.3 is 29.6 Å². The maximum absolute atomic E-state index is 13.2. The lowest BCUT2D eigenvalue weighted by Gasteiger charge is -2.36. The van der Waals surface area contributed by atoms with E-state index in [1.165, 1.54) is 39.4 Å². The van der Waals surface area contributed by atoms with Crippen molar-refractivity contribution >= 4 is 36.8 Å². The first-order chi connectivity index (χ1) is 17.1. The molecule has 14 heteroatoms. The number of hydrogen-bond donors (Lipinski definition) is 3. The standard InChI is InChI=1S/C22H28FN4O7PS/c1-2-3-12-34-22(30)27-10-8-26(9-11-27)21(29)17(13-35(31,32)33)24-19(28)18-14-36-20(25-18)15-4-6-16(23)7-5-15/h4-7,14,17H,2-3,8-13H2,1H3,(H,24,28)(H2,31,32,33)/t17-/m0/s1. The van der Waals surface area contributed by atoms with E-state index >= 15 is 0 Å². The molecule has 3 rings (SSSR count). The van der Waals surface area contributed by atoms with E-state index in [-0.39, 0.29) is 31.9 Å². The van der Waals surface area contributed by atoms with Crippen molar-refractivity contribution in [1.29, 1.82) is 0 Å². The van der Waals surface area contributed by atoms with E-state index in [1.807, 2.05) is 6.92 Å². The van der Waals surface area contributed by atoms with Crippen LogP contribution in [0.15, 0.2) is 29.6 Å². The predicted molar refractivity (Wildman–Crippen MR) is 130 cm³/mol. The van der Waals surface area contributed by atoms with Gasteiger partial charge >= 0.3 is 13.7 Å². The van der Waals surface area contributed by atoms with Gasteiger partial charge in [0.25, 0.3) is 5.91 Å². The van der Waals surface area contributed by atoms with Crippen LogP contribution in [-0.2, 0) is 14.1 Å². The molecule has 0 saturated carbocycles. The minimum Gasteiger partial charge on any atom is -0.449 e. The van der Waals surface area contributed by atoms with Crippen LogP contribution < -0.4 is 5.32 Å². The first kappa shape index (κ1) is 27.7. The molecule has 1 fully saturated rings. The second kappa shape index (κ2) is 12.4. The van der Waals surface area contributed by atoms with Crippen molar-refractivity contribution in [2.75, 3.05) is 38.9 Å². The molecule has 0 bridgehead atoms. The molecule has 3 N–H and O–H groups in total. The van der Waals surface area contributed by atoms with E-state index in [0.29, 0.717) is 17.2 Å². The second-order valence-electron chi connectivity index (χ2n) is 8.20. The van der Waals surface area contributed by atoms with Gasteiger partial charge in [0.15, 0.2) is 0 Å². The van der Waals surface area contributed by atoms with E-state index in [1.54, 1.807) is 0 Å². The van der Waals surface area contributed by atoms with Crippen LogP contribution in [-0.4, -0.2) is 87.5 Å². The number of nitrogens with one attached hydrogen (secondary N) is 1. The summed E-state index contributed by atoms with van der Waals surface area (Å²) in [5, 5.41) is 4.27. The molecule has 0 unspecified atom stereocenters. The normalized spacial score (nSPS) is 14.9. The van der Waals surface area contributed by atoms with Crippen molar-refractivity contribution in [3.63, 3.8) is 0 Å². The van der Waals surface area contributed by atoms with Crippen LogP contribution in [0.4, 0.5) is 9.18 Å². The predicted octanol–water partition coefficient (Wildman–Crippen LogP) is 2.31. The average Bonchev–Trinajstić information content (AvgIpc) is 3.33. The summed E-state index contributed by atoms with van der Waals surface area (Å²) in [6.07, 6.45) is 0.275. The molecular formula is C22H28FN4O7PS. The summed E-state index contributed by atoms with van der Waals surface area (Å²) >= 11 is 1.13. The van der Waals surface area contributed by atoms with Crippen molar-refractivity contribution in [1.82, 2.24) is 20.1 Å². The Labute approximate surface area is 211 Å². The number of halogens is 1. The minimum atomic E-state index is -4.67. The number of aromatic nitrogens is 1. The molecule has 1 saturated heterocycles. The van der Waals surface area contributed by atoms with Crippen molar-refractivity contribution in [3.8, 4) is 10.6 Å². The van der Waals surface area contributed by atoms with Crippen LogP contribution in [0.5, 0.6) is 0 Å². The number of benzene rings is 1. The summed E-state index contributed by atoms with van der Waals surface area (Å²) in [5.41, 5.74) is 0.553. The van der Waals surface area contributed by atoms with E-state index in [0.717, 1.165) is 24.2 Å². The lowest BCUT2D eigenvalue weighted by atomic mass is 10.2. The highest BCUT2D eigenvalue weighted by Crippen LogP contribution is 2.35. The summed E-state index contributed by atoms with van der Waals surface area (Å²) in [5.74, 6) is -1.86. The van der Waals surface area contributed by atoms with Crippen LogP contribution >= 0.6 is 18.9 Å². The third-order valence-corrected chi connectivity index (χ3v) is 7.16. The Morgan fingerprint density at radius 3 is 2.42 bits per heavy atom. The number of carbonyl (C=O) groups is 3. The lowest BCUT2D eigenvalue weighted by Crippen LogP contribution is -2.56. The molecule has 3 amide bonds. The van der Waals surface area contributed by atoms with Gasteiger partial charge in [-0.2, -0.15) is 0 Å². The molecule has 1 aromatic carbocycles. The quantitative estimate of drug-likeness (QED) is 0.323. The first-order valence-corrected chi connectivity index (χ1v) is 14.0. The molecule has 2 aromatic rings. The Morgan fingerprint density at radius 2 is 1.81 bits per heavy atom. The molecule has 1 aromatic heterocycles. The van der Waals surface area contributed by atoms with Gasteiger partial charge in [0.05, 0.1) is 12.8 Å². The van der Waals surface area contributed by atoms with Crippen LogP contribution in [0.1, 0.15) is 30.3 Å². The number of piperazine rings is 1. The monoisotopic (exact) mass is 542 g/mol. The fraction of sp³-hybridized carbons (Fsp3) is 0.455. The number of unbranched alkanes of at least 4 members (excludes halogenated alkanes) is 1. The van der Waals surface area contributed by atoms with Gasteiger partial charge in [-0.05, 0) is 30.7 Å². The zero-order valence-electron chi connectivity index (χ0n) is 19.6. The number of rotatable bonds is 9. The fourth-order valence-electron chi connectivity index (χ4n) is 3.48. The van der Waals surface area contributed by atoms with Gasteiger partial charge in [-0.25, -0.2) is 14.2 Å². The number of nitrogens with zero attached hydrogens (tertiary/aromatic N) is 3. The van der Waals surface area contributed by atoms with Gasteiger partial charge in [-0.1, -0.05) is 13.3 Å². The Bertz CT molecular complexity index is 1120. The molecule has 1 aliphatic heterocycles. The molecule has 1 atom stereocenters. The van der Waals surface area contributed by atoms with Crippen molar-refractivity contribution < 1.29 is 37.9 Å². The van der Waals surface area contributed by atoms with Gasteiger partial charge in [0, 0.05) is 37.1 Å². The van der Waals surface area contributed by atoms with Crippen LogP contribution in [0.25, 0.3) is 10.6 Å². The number of carbonyl (C=O) groups excluding carboxylic acids is 3. The van der Waals surface area contributed by atoms with Crippen LogP contribution in [0.2, 0.25) is 0 Å². The summed E-state index contributed by atoms with van der Waals surface area (Å²) < 4.78 is 30.0. The Kier molecular flexibility index (Phi) is 9.55. The van der Waals surface area contributed by atoms with E-state index < -0.39 is 43.5 Å². The Balaban J connectivity index is 1.64. The average molecular weight is 543 g/mol. The SMILES string of the molecule is CCCCOC(=O)N1CCN(C(=O)[C@H](CP(=O)(O)O)NC(=O)c2csc(-c3ccc(F)cc3)n2)CC1.